The molecule has 3 aliphatic carbocycles. The van der Waals surface area contributed by atoms with Gasteiger partial charge in [0.2, 0.25) is 13.1 Å². The van der Waals surface area contributed by atoms with Gasteiger partial charge in [0, 0.05) is 37.3 Å². The zero-order valence-corrected chi connectivity index (χ0v) is 34.6. The van der Waals surface area contributed by atoms with Gasteiger partial charge in [-0.3, -0.25) is 9.59 Å². The summed E-state index contributed by atoms with van der Waals surface area (Å²) in [5.74, 6) is 0.589. The molecule has 2 amide bonds. The van der Waals surface area contributed by atoms with Gasteiger partial charge in [-0.25, -0.2) is 13.1 Å². The molecular formula is C37H50N4O8P2S2. The van der Waals surface area contributed by atoms with E-state index in [1.807, 2.05) is 25.5 Å². The number of carbonyl (C=O) groups excluding carboxylic acids is 2. The van der Waals surface area contributed by atoms with Crippen LogP contribution >= 0.6 is 41.2 Å². The van der Waals surface area contributed by atoms with Crippen LogP contribution in [0.2, 0.25) is 0 Å². The molecule has 0 bridgehead atoms. The molecule has 0 aromatic rings. The van der Waals surface area contributed by atoms with E-state index in [0.29, 0.717) is 59.3 Å². The van der Waals surface area contributed by atoms with Gasteiger partial charge in [0.15, 0.2) is 16.8 Å². The summed E-state index contributed by atoms with van der Waals surface area (Å²) in [4.78, 5) is 31.3. The summed E-state index contributed by atoms with van der Waals surface area (Å²) in [5, 5.41) is 5.57. The number of carbonyl (C=O) groups is 2. The van der Waals surface area contributed by atoms with Crippen LogP contribution in [0.1, 0.15) is 66.2 Å². The standard InChI is InChI=1S/C19H25N2O4PS.C18H25N2O4PS/c1-11-7-13(16(27)21-15(11)22)14-10-19(25-26(4)23-6-5-20-3)9-12-8-18(12,2)17(19)24-14;1-11-5-6-18(24-25(4)22-8-7-19-3)10-14(23-15(11)18)13-9-12(2)16(21)20-17(13)26/h7,12-14,17H,5-6,8-10H2,1-2,4H3,(H,21,22,27);9,11,13-15H,5-8,10H2,1-2,4H3,(H,20,21,26)/t12-,13?,14+,17+,18-,19-,26?;11-,13?,14-,15-,18+,25?/m01/s1. The van der Waals surface area contributed by atoms with Crippen molar-refractivity contribution >= 4 is 63.0 Å². The van der Waals surface area contributed by atoms with E-state index in [1.165, 1.54) is 6.42 Å². The molecule has 16 heteroatoms. The molecular weight excluding hydrogens is 755 g/mol. The lowest BCUT2D eigenvalue weighted by atomic mass is 9.85. The zero-order valence-electron chi connectivity index (χ0n) is 31.2. The molecule has 7 aliphatic rings. The molecule has 4 aliphatic heterocycles. The van der Waals surface area contributed by atoms with Crippen molar-refractivity contribution in [2.45, 2.75) is 102 Å². The quantitative estimate of drug-likeness (QED) is 0.0986. The van der Waals surface area contributed by atoms with E-state index < -0.39 is 16.8 Å². The molecule has 5 fully saturated rings. The molecule has 0 spiro atoms. The minimum atomic E-state index is -1.07. The first-order valence-electron chi connectivity index (χ1n) is 18.3. The summed E-state index contributed by atoms with van der Waals surface area (Å²) in [6.07, 6.45) is 9.36. The van der Waals surface area contributed by atoms with Crippen LogP contribution in [0.3, 0.4) is 0 Å². The van der Waals surface area contributed by atoms with Crippen LogP contribution in [-0.2, 0) is 37.2 Å². The molecule has 4 unspecified atom stereocenters. The van der Waals surface area contributed by atoms with Crippen molar-refractivity contribution in [3.63, 3.8) is 0 Å². The highest BCUT2D eigenvalue weighted by Crippen LogP contribution is 2.73. The Morgan fingerprint density at radius 3 is 1.91 bits per heavy atom. The van der Waals surface area contributed by atoms with E-state index in [0.717, 1.165) is 32.1 Å². The van der Waals surface area contributed by atoms with Crippen molar-refractivity contribution in [2.75, 3.05) is 39.6 Å². The summed E-state index contributed by atoms with van der Waals surface area (Å²) < 4.78 is 37.3. The SMILES string of the molecule is [C-]#[N+]CCOP(C)O[C@]12CC[C@@H](C)[C@H]1O[C@@H](C1C=C(C)C(=O)NC1=S)C2.[C-]#[N+]CCOP(C)O[C@]12C[C@@H]3C[C@]3(C)[C@H]1O[C@@H](C1C=C(C)C(=O)NC1=S)C2. The van der Waals surface area contributed by atoms with Crippen LogP contribution in [0.5, 0.6) is 0 Å². The van der Waals surface area contributed by atoms with Gasteiger partial charge in [0.1, 0.15) is 24.4 Å². The average Bonchev–Trinajstić information content (AvgIpc) is 3.39. The van der Waals surface area contributed by atoms with Crippen molar-refractivity contribution < 1.29 is 37.2 Å². The van der Waals surface area contributed by atoms with Crippen molar-refractivity contribution in [3.05, 3.63) is 46.1 Å². The fraction of sp³-hybridized carbons (Fsp3) is 0.730. The third-order valence-corrected chi connectivity index (χ3v) is 15.0. The first-order chi connectivity index (χ1) is 25.1. The molecule has 0 aromatic carbocycles. The Labute approximate surface area is 326 Å². The van der Waals surface area contributed by atoms with Crippen LogP contribution in [-0.4, -0.2) is 97.0 Å². The van der Waals surface area contributed by atoms with Crippen LogP contribution in [0.15, 0.2) is 23.3 Å². The summed E-state index contributed by atoms with van der Waals surface area (Å²) in [7, 11) is -2.14. The summed E-state index contributed by atoms with van der Waals surface area (Å²) in [6.45, 7) is 27.2. The zero-order chi connectivity index (χ0) is 38.3. The van der Waals surface area contributed by atoms with E-state index in [2.05, 4.69) is 34.2 Å². The Morgan fingerprint density at radius 1 is 0.849 bits per heavy atom. The van der Waals surface area contributed by atoms with Gasteiger partial charge >= 0.3 is 0 Å². The molecule has 0 radical (unpaired) electrons. The van der Waals surface area contributed by atoms with Gasteiger partial charge in [0.25, 0.3) is 11.8 Å². The topological polar surface area (TPSA) is 122 Å². The first kappa shape index (κ1) is 40.9. The number of amides is 2. The lowest BCUT2D eigenvalue weighted by Gasteiger charge is -2.34. The maximum atomic E-state index is 11.8. The third-order valence-electron chi connectivity index (χ3n) is 11.9. The highest BCUT2D eigenvalue weighted by Gasteiger charge is 2.74. The number of hydrogen-bond acceptors (Lipinski definition) is 10. The molecule has 7 rings (SSSR count). The van der Waals surface area contributed by atoms with Gasteiger partial charge in [-0.15, -0.1) is 0 Å². The van der Waals surface area contributed by atoms with E-state index in [-0.39, 0.29) is 64.7 Å². The summed E-state index contributed by atoms with van der Waals surface area (Å²) in [6, 6.07) is 0. The molecule has 288 valence electrons. The lowest BCUT2D eigenvalue weighted by molar-refractivity contribution is -0.117. The third kappa shape index (κ3) is 8.35. The van der Waals surface area contributed by atoms with Crippen LogP contribution in [0, 0.1) is 42.2 Å². The monoisotopic (exact) mass is 804 g/mol. The summed E-state index contributed by atoms with van der Waals surface area (Å²) >= 11 is 10.8. The fourth-order valence-corrected chi connectivity index (χ4v) is 12.2. The Balaban J connectivity index is 0.000000182. The molecule has 4 heterocycles. The number of nitrogens with zero attached hydrogens (tertiary/aromatic N) is 2. The number of hydrogen-bond donors (Lipinski definition) is 2. The second-order valence-corrected chi connectivity index (χ2v) is 19.2. The molecule has 53 heavy (non-hydrogen) atoms. The predicted molar refractivity (Wildman–Crippen MR) is 210 cm³/mol. The number of ether oxygens (including phenoxy) is 2. The summed E-state index contributed by atoms with van der Waals surface area (Å²) in [5.41, 5.74) is 0.813. The van der Waals surface area contributed by atoms with E-state index >= 15 is 0 Å². The maximum absolute atomic E-state index is 11.8. The number of fused-ring (bicyclic) bond motifs is 4. The first-order valence-corrected chi connectivity index (χ1v) is 22.4. The van der Waals surface area contributed by atoms with Gasteiger partial charge in [-0.2, -0.15) is 0 Å². The van der Waals surface area contributed by atoms with Crippen molar-refractivity contribution in [3.8, 4) is 0 Å². The molecule has 13 atom stereocenters. The number of nitrogens with one attached hydrogen (secondary N) is 2. The van der Waals surface area contributed by atoms with Crippen molar-refractivity contribution in [1.29, 1.82) is 0 Å². The van der Waals surface area contributed by atoms with Gasteiger partial charge < -0.3 is 47.9 Å². The Hall–Kier alpha value is -1.80. The minimum absolute atomic E-state index is 0.0102. The van der Waals surface area contributed by atoms with Gasteiger partial charge in [-0.05, 0) is 56.8 Å². The Bertz CT molecular complexity index is 1650. The van der Waals surface area contributed by atoms with Gasteiger partial charge in [-0.1, -0.05) is 50.4 Å². The largest absolute Gasteiger partial charge is 0.371 e. The van der Waals surface area contributed by atoms with Crippen LogP contribution in [0.4, 0.5) is 0 Å². The predicted octanol–water partition coefficient (Wildman–Crippen LogP) is 6.45. The van der Waals surface area contributed by atoms with Crippen molar-refractivity contribution in [1.82, 2.24) is 10.6 Å². The molecule has 3 saturated carbocycles. The lowest BCUT2D eigenvalue weighted by Crippen LogP contribution is -2.43. The van der Waals surface area contributed by atoms with Crippen LogP contribution < -0.4 is 10.6 Å². The van der Waals surface area contributed by atoms with Gasteiger partial charge in [0.05, 0.1) is 46.2 Å². The highest BCUT2D eigenvalue weighted by atomic mass is 32.1. The molecule has 2 saturated heterocycles. The molecule has 2 N–H and O–H groups in total. The second kappa shape index (κ2) is 16.4. The smallest absolute Gasteiger partial charge is 0.251 e. The second-order valence-electron chi connectivity index (χ2n) is 15.7. The minimum Gasteiger partial charge on any atom is -0.371 e. The Morgan fingerprint density at radius 2 is 1.36 bits per heavy atom. The normalized spacial score (nSPS) is 40.6. The van der Waals surface area contributed by atoms with E-state index in [4.69, 9.17) is 65.1 Å². The van der Waals surface area contributed by atoms with Crippen LogP contribution in [0.25, 0.3) is 9.69 Å². The maximum Gasteiger partial charge on any atom is 0.251 e. The highest BCUT2D eigenvalue weighted by molar-refractivity contribution is 7.80. The Kier molecular flexibility index (Phi) is 12.6. The molecule has 12 nitrogen and oxygen atoms in total. The fourth-order valence-electron chi connectivity index (χ4n) is 9.25. The average molecular weight is 805 g/mol. The van der Waals surface area contributed by atoms with E-state index in [9.17, 15) is 9.59 Å². The van der Waals surface area contributed by atoms with Crippen molar-refractivity contribution in [2.24, 2.45) is 29.1 Å². The van der Waals surface area contributed by atoms with E-state index in [1.54, 1.807) is 13.8 Å². The number of rotatable bonds is 12. The molecule has 0 aromatic heterocycles. The number of thiocarbonyl (C=S) groups is 2.